The first-order chi connectivity index (χ1) is 10.2. The van der Waals surface area contributed by atoms with Crippen LogP contribution < -0.4 is 10.0 Å². The molecule has 1 amide bonds. The maximum atomic E-state index is 12.3. The molecule has 0 aliphatic heterocycles. The molecule has 0 aliphatic carbocycles. The average Bonchev–Trinajstić information content (AvgIpc) is 2.45. The van der Waals surface area contributed by atoms with Crippen LogP contribution in [-0.2, 0) is 14.8 Å². The second-order valence-corrected chi connectivity index (χ2v) is 7.84. The van der Waals surface area contributed by atoms with Gasteiger partial charge in [-0.2, -0.15) is 4.72 Å². The minimum Gasteiger partial charge on any atom is -0.355 e. The van der Waals surface area contributed by atoms with Crippen LogP contribution >= 0.6 is 0 Å². The van der Waals surface area contributed by atoms with E-state index in [0.717, 1.165) is 6.42 Å². The first kappa shape index (κ1) is 18.6. The Morgan fingerprint density at radius 2 is 1.68 bits per heavy atom. The third-order valence-corrected chi connectivity index (χ3v) is 4.76. The maximum absolute atomic E-state index is 12.3. The first-order valence-corrected chi connectivity index (χ1v) is 9.07. The van der Waals surface area contributed by atoms with Crippen LogP contribution in [0.5, 0.6) is 0 Å². The standard InChI is InChI=1S/C16H26N2O3S/c1-12(2)10-11-17-16(19)15(13(3)4)18-22(20,21)14-8-6-5-7-9-14/h5-9,12-13,15,18H,10-11H2,1-4H3,(H,17,19)/t15-/m0/s1. The number of nitrogens with one attached hydrogen (secondary N) is 2. The summed E-state index contributed by atoms with van der Waals surface area (Å²) in [6.45, 7) is 8.33. The van der Waals surface area contributed by atoms with Gasteiger partial charge < -0.3 is 5.32 Å². The minimum atomic E-state index is -3.70. The second kappa shape index (κ2) is 8.29. The Labute approximate surface area is 133 Å². The fraction of sp³-hybridized carbons (Fsp3) is 0.562. The van der Waals surface area contributed by atoms with E-state index in [0.29, 0.717) is 12.5 Å². The van der Waals surface area contributed by atoms with Gasteiger partial charge in [0.1, 0.15) is 6.04 Å². The maximum Gasteiger partial charge on any atom is 0.241 e. The number of benzene rings is 1. The van der Waals surface area contributed by atoms with Crippen LogP contribution in [0.3, 0.4) is 0 Å². The lowest BCUT2D eigenvalue weighted by Gasteiger charge is -2.22. The monoisotopic (exact) mass is 326 g/mol. The van der Waals surface area contributed by atoms with E-state index in [1.54, 1.807) is 18.2 Å². The number of hydrogen-bond acceptors (Lipinski definition) is 3. The molecule has 0 aromatic heterocycles. The molecule has 22 heavy (non-hydrogen) atoms. The molecule has 6 heteroatoms. The third-order valence-electron chi connectivity index (χ3n) is 3.31. The van der Waals surface area contributed by atoms with Crippen molar-refractivity contribution in [2.24, 2.45) is 11.8 Å². The normalized spacial score (nSPS) is 13.4. The molecule has 0 aliphatic rings. The summed E-state index contributed by atoms with van der Waals surface area (Å²) in [4.78, 5) is 12.4. The van der Waals surface area contributed by atoms with Crippen molar-refractivity contribution in [1.82, 2.24) is 10.0 Å². The van der Waals surface area contributed by atoms with Crippen molar-refractivity contribution in [3.8, 4) is 0 Å². The van der Waals surface area contributed by atoms with Gasteiger partial charge in [-0.3, -0.25) is 4.79 Å². The van der Waals surface area contributed by atoms with Gasteiger partial charge in [-0.05, 0) is 30.4 Å². The first-order valence-electron chi connectivity index (χ1n) is 7.59. The highest BCUT2D eigenvalue weighted by molar-refractivity contribution is 7.89. The summed E-state index contributed by atoms with van der Waals surface area (Å²) in [7, 11) is -3.70. The molecule has 0 saturated carbocycles. The van der Waals surface area contributed by atoms with Gasteiger partial charge in [-0.25, -0.2) is 8.42 Å². The lowest BCUT2D eigenvalue weighted by molar-refractivity contribution is -0.123. The average molecular weight is 326 g/mol. The lowest BCUT2D eigenvalue weighted by Crippen LogP contribution is -2.49. The molecule has 5 nitrogen and oxygen atoms in total. The number of carbonyl (C=O) groups is 1. The van der Waals surface area contributed by atoms with Crippen molar-refractivity contribution in [2.45, 2.75) is 45.1 Å². The molecule has 1 aromatic carbocycles. The summed E-state index contributed by atoms with van der Waals surface area (Å²) in [5.74, 6) is 0.0616. The Balaban J connectivity index is 2.78. The summed E-state index contributed by atoms with van der Waals surface area (Å²) in [6, 6.07) is 7.30. The van der Waals surface area contributed by atoms with E-state index in [9.17, 15) is 13.2 Å². The molecule has 0 bridgehead atoms. The molecule has 1 aromatic rings. The highest BCUT2D eigenvalue weighted by Gasteiger charge is 2.27. The number of rotatable bonds is 8. The molecule has 0 heterocycles. The van der Waals surface area contributed by atoms with E-state index >= 15 is 0 Å². The SMILES string of the molecule is CC(C)CCNC(=O)[C@@H](NS(=O)(=O)c1ccccc1)C(C)C. The van der Waals surface area contributed by atoms with Crippen molar-refractivity contribution in [1.29, 1.82) is 0 Å². The molecule has 0 saturated heterocycles. The van der Waals surface area contributed by atoms with E-state index in [-0.39, 0.29) is 16.7 Å². The molecule has 0 radical (unpaired) electrons. The number of sulfonamides is 1. The topological polar surface area (TPSA) is 75.3 Å². The van der Waals surface area contributed by atoms with Gasteiger partial charge >= 0.3 is 0 Å². The van der Waals surface area contributed by atoms with Gasteiger partial charge in [-0.15, -0.1) is 0 Å². The van der Waals surface area contributed by atoms with Crippen molar-refractivity contribution >= 4 is 15.9 Å². The Bertz CT molecular complexity index is 568. The van der Waals surface area contributed by atoms with E-state index in [1.165, 1.54) is 12.1 Å². The summed E-state index contributed by atoms with van der Waals surface area (Å²) in [5, 5.41) is 2.80. The largest absolute Gasteiger partial charge is 0.355 e. The summed E-state index contributed by atoms with van der Waals surface area (Å²) >= 11 is 0. The Morgan fingerprint density at radius 3 is 2.18 bits per heavy atom. The fourth-order valence-corrected chi connectivity index (χ4v) is 3.29. The van der Waals surface area contributed by atoms with Gasteiger partial charge in [0.05, 0.1) is 4.90 Å². The van der Waals surface area contributed by atoms with E-state index in [4.69, 9.17) is 0 Å². The van der Waals surface area contributed by atoms with E-state index < -0.39 is 16.1 Å². The minimum absolute atomic E-state index is 0.141. The Kier molecular flexibility index (Phi) is 7.03. The zero-order chi connectivity index (χ0) is 16.8. The van der Waals surface area contributed by atoms with Gasteiger partial charge in [0.25, 0.3) is 0 Å². The smallest absolute Gasteiger partial charge is 0.241 e. The Morgan fingerprint density at radius 1 is 1.09 bits per heavy atom. The van der Waals surface area contributed by atoms with Gasteiger partial charge in [0, 0.05) is 6.54 Å². The van der Waals surface area contributed by atoms with Gasteiger partial charge in [0.2, 0.25) is 15.9 Å². The van der Waals surface area contributed by atoms with E-state index in [2.05, 4.69) is 23.9 Å². The number of carbonyl (C=O) groups excluding carboxylic acids is 1. The predicted molar refractivity (Wildman–Crippen MR) is 87.9 cm³/mol. The third kappa shape index (κ3) is 5.77. The van der Waals surface area contributed by atoms with Crippen molar-refractivity contribution in [3.63, 3.8) is 0 Å². The lowest BCUT2D eigenvalue weighted by atomic mass is 10.0. The van der Waals surface area contributed by atoms with Crippen molar-refractivity contribution < 1.29 is 13.2 Å². The second-order valence-electron chi connectivity index (χ2n) is 6.13. The Hall–Kier alpha value is -1.40. The predicted octanol–water partition coefficient (Wildman–Crippen LogP) is 2.15. The molecule has 0 fully saturated rings. The molecule has 0 unspecified atom stereocenters. The molecule has 1 atom stereocenters. The van der Waals surface area contributed by atoms with Crippen LogP contribution in [0.2, 0.25) is 0 Å². The highest BCUT2D eigenvalue weighted by Crippen LogP contribution is 2.11. The van der Waals surface area contributed by atoms with Crippen LogP contribution in [0.4, 0.5) is 0 Å². The van der Waals surface area contributed by atoms with Crippen LogP contribution in [-0.4, -0.2) is 26.9 Å². The van der Waals surface area contributed by atoms with Gasteiger partial charge in [0.15, 0.2) is 0 Å². The van der Waals surface area contributed by atoms with Crippen molar-refractivity contribution in [3.05, 3.63) is 30.3 Å². The molecule has 2 N–H and O–H groups in total. The quantitative estimate of drug-likeness (QED) is 0.768. The van der Waals surface area contributed by atoms with Crippen LogP contribution in [0.15, 0.2) is 35.2 Å². The van der Waals surface area contributed by atoms with Crippen molar-refractivity contribution in [2.75, 3.05) is 6.54 Å². The zero-order valence-corrected chi connectivity index (χ0v) is 14.5. The number of hydrogen-bond donors (Lipinski definition) is 2. The van der Waals surface area contributed by atoms with Crippen LogP contribution in [0, 0.1) is 11.8 Å². The van der Waals surface area contributed by atoms with Crippen LogP contribution in [0.1, 0.15) is 34.1 Å². The van der Waals surface area contributed by atoms with E-state index in [1.807, 2.05) is 13.8 Å². The molecule has 124 valence electrons. The summed E-state index contributed by atoms with van der Waals surface area (Å²) in [5.41, 5.74) is 0. The molecular formula is C16H26N2O3S. The fourth-order valence-electron chi connectivity index (χ4n) is 1.92. The van der Waals surface area contributed by atoms with Crippen LogP contribution in [0.25, 0.3) is 0 Å². The molecular weight excluding hydrogens is 300 g/mol. The summed E-state index contributed by atoms with van der Waals surface area (Å²) in [6.07, 6.45) is 0.863. The zero-order valence-electron chi connectivity index (χ0n) is 13.7. The molecule has 1 rings (SSSR count). The number of amides is 1. The molecule has 0 spiro atoms. The highest BCUT2D eigenvalue weighted by atomic mass is 32.2. The van der Waals surface area contributed by atoms with Gasteiger partial charge in [-0.1, -0.05) is 45.9 Å². The summed E-state index contributed by atoms with van der Waals surface area (Å²) < 4.78 is 27.2.